The third kappa shape index (κ3) is 7.00. The number of nitrogens with one attached hydrogen (secondary N) is 3. The van der Waals surface area contributed by atoms with E-state index in [0.717, 1.165) is 22.0 Å². The van der Waals surface area contributed by atoms with Crippen LogP contribution >= 0.6 is 0 Å². The van der Waals surface area contributed by atoms with Gasteiger partial charge in [0.15, 0.2) is 0 Å². The number of hydrogen-bond acceptors (Lipinski definition) is 5. The lowest BCUT2D eigenvalue weighted by Gasteiger charge is -2.49. The van der Waals surface area contributed by atoms with E-state index >= 15 is 0 Å². The number of H-pyrrole nitrogens is 1. The van der Waals surface area contributed by atoms with Crippen LogP contribution in [-0.2, 0) is 37.5 Å². The third-order valence-electron chi connectivity index (χ3n) is 9.00. The van der Waals surface area contributed by atoms with Gasteiger partial charge in [-0.1, -0.05) is 42.5 Å². The molecule has 1 atom stereocenters. The van der Waals surface area contributed by atoms with Crippen molar-refractivity contribution in [2.24, 2.45) is 0 Å². The van der Waals surface area contributed by atoms with Gasteiger partial charge in [-0.15, -0.1) is 0 Å². The number of likely N-dealkylation sites (tertiary alicyclic amines) is 1. The molecule has 0 saturated carbocycles. The van der Waals surface area contributed by atoms with Crippen LogP contribution in [0.1, 0.15) is 71.1 Å². The zero-order chi connectivity index (χ0) is 32.6. The molecule has 2 aromatic carbocycles. The van der Waals surface area contributed by atoms with Crippen molar-refractivity contribution >= 4 is 34.7 Å². The summed E-state index contributed by atoms with van der Waals surface area (Å²) in [7, 11) is 0. The number of ether oxygens (including phenoxy) is 1. The molecular weight excluding hydrogens is 570 g/mol. The fourth-order valence-electron chi connectivity index (χ4n) is 6.59. The first-order chi connectivity index (χ1) is 21.2. The molecule has 3 N–H and O–H groups in total. The minimum atomic E-state index is -1.34. The zero-order valence-corrected chi connectivity index (χ0v) is 27.2. The highest BCUT2D eigenvalue weighted by molar-refractivity contribution is 5.94. The van der Waals surface area contributed by atoms with E-state index in [4.69, 9.17) is 4.74 Å². The molecule has 10 heteroatoms. The van der Waals surface area contributed by atoms with E-state index in [1.54, 1.807) is 41.5 Å². The Morgan fingerprint density at radius 3 is 2.31 bits per heavy atom. The molecular formula is C35H45N5O5. The molecule has 0 bridgehead atoms. The molecule has 0 radical (unpaired) electrons. The predicted molar refractivity (Wildman–Crippen MR) is 172 cm³/mol. The zero-order valence-electron chi connectivity index (χ0n) is 27.2. The molecule has 5 rings (SSSR count). The van der Waals surface area contributed by atoms with Crippen molar-refractivity contribution in [1.82, 2.24) is 25.4 Å². The van der Waals surface area contributed by atoms with Gasteiger partial charge in [-0.2, -0.15) is 0 Å². The Hall–Kier alpha value is -4.34. The normalized spacial score (nSPS) is 17.0. The summed E-state index contributed by atoms with van der Waals surface area (Å²) in [6.07, 6.45) is 2.86. The summed E-state index contributed by atoms with van der Waals surface area (Å²) in [5.74, 6) is -0.617. The van der Waals surface area contributed by atoms with E-state index in [1.807, 2.05) is 52.4 Å². The fourth-order valence-corrected chi connectivity index (χ4v) is 6.59. The van der Waals surface area contributed by atoms with Crippen LogP contribution in [0.4, 0.5) is 4.79 Å². The number of carbonyl (C=O) groups is 4. The van der Waals surface area contributed by atoms with Gasteiger partial charge in [-0.3, -0.25) is 14.4 Å². The van der Waals surface area contributed by atoms with Gasteiger partial charge in [0, 0.05) is 62.0 Å². The highest BCUT2D eigenvalue weighted by atomic mass is 16.6. The van der Waals surface area contributed by atoms with Gasteiger partial charge in [0.05, 0.1) is 0 Å². The van der Waals surface area contributed by atoms with Crippen molar-refractivity contribution in [3.8, 4) is 0 Å². The Bertz CT molecular complexity index is 1590. The molecule has 1 saturated heterocycles. The number of nitrogens with zero attached hydrogens (tertiary/aromatic N) is 2. The van der Waals surface area contributed by atoms with Crippen LogP contribution in [0.2, 0.25) is 0 Å². The number of aromatic nitrogens is 1. The molecule has 1 aromatic heterocycles. The number of para-hydroxylation sites is 1. The summed E-state index contributed by atoms with van der Waals surface area (Å²) < 4.78 is 5.37. The number of fused-ring (bicyclic) bond motifs is 3. The summed E-state index contributed by atoms with van der Waals surface area (Å²) in [5, 5.41) is 6.60. The Balaban J connectivity index is 1.36. The fraction of sp³-hybridized carbons (Fsp3) is 0.486. The Labute approximate surface area is 264 Å². The Morgan fingerprint density at radius 1 is 0.956 bits per heavy atom. The molecule has 240 valence electrons. The molecule has 45 heavy (non-hydrogen) atoms. The van der Waals surface area contributed by atoms with Crippen LogP contribution < -0.4 is 10.6 Å². The second kappa shape index (κ2) is 12.2. The lowest BCUT2D eigenvalue weighted by Crippen LogP contribution is -2.61. The quantitative estimate of drug-likeness (QED) is 0.379. The highest BCUT2D eigenvalue weighted by Gasteiger charge is 2.44. The maximum Gasteiger partial charge on any atom is 0.408 e. The topological polar surface area (TPSA) is 124 Å². The number of aromatic amines is 1. The van der Waals surface area contributed by atoms with Crippen LogP contribution in [0.3, 0.4) is 0 Å². The van der Waals surface area contributed by atoms with E-state index in [-0.39, 0.29) is 23.7 Å². The average Bonchev–Trinajstić information content (AvgIpc) is 3.38. The third-order valence-corrected chi connectivity index (χ3v) is 9.00. The lowest BCUT2D eigenvalue weighted by atomic mass is 9.68. The summed E-state index contributed by atoms with van der Waals surface area (Å²) in [4.78, 5) is 59.9. The van der Waals surface area contributed by atoms with Gasteiger partial charge in [0.1, 0.15) is 17.2 Å². The molecule has 4 amide bonds. The smallest absolute Gasteiger partial charge is 0.408 e. The lowest BCUT2D eigenvalue weighted by molar-refractivity contribution is -0.140. The van der Waals surface area contributed by atoms with Crippen molar-refractivity contribution in [2.45, 2.75) is 89.9 Å². The summed E-state index contributed by atoms with van der Waals surface area (Å²) in [6.45, 7) is 12.3. The Morgan fingerprint density at radius 2 is 1.62 bits per heavy atom. The van der Waals surface area contributed by atoms with Crippen LogP contribution in [0.15, 0.2) is 54.7 Å². The van der Waals surface area contributed by atoms with E-state index < -0.39 is 29.2 Å². The summed E-state index contributed by atoms with van der Waals surface area (Å²) >= 11 is 0. The van der Waals surface area contributed by atoms with Crippen molar-refractivity contribution < 1.29 is 23.9 Å². The standard InChI is InChI=1S/C35H45N5O5/c1-23(41)40-21-24-11-7-9-13-27(24)35(22-40)15-17-39(18-16-35)30(42)29(19-25-20-36-28-14-10-8-12-26(25)28)37-31(43)34(5,6)38-32(44)45-33(2,3)4/h7-14,20,29,36H,15-19,21-22H2,1-6H3,(H,37,43)(H,38,44). The first-order valence-corrected chi connectivity index (χ1v) is 15.7. The van der Waals surface area contributed by atoms with Crippen molar-refractivity contribution in [3.05, 3.63) is 71.4 Å². The van der Waals surface area contributed by atoms with Crippen LogP contribution in [0, 0.1) is 0 Å². The van der Waals surface area contributed by atoms with E-state index in [9.17, 15) is 19.2 Å². The molecule has 1 fully saturated rings. The molecule has 3 heterocycles. The number of amides is 4. The van der Waals surface area contributed by atoms with Gasteiger partial charge in [0.2, 0.25) is 17.7 Å². The summed E-state index contributed by atoms with van der Waals surface area (Å²) in [6, 6.07) is 15.3. The molecule has 3 aromatic rings. The molecule has 2 aliphatic heterocycles. The van der Waals surface area contributed by atoms with Gasteiger partial charge < -0.3 is 30.2 Å². The average molecular weight is 616 g/mol. The monoisotopic (exact) mass is 615 g/mol. The predicted octanol–water partition coefficient (Wildman–Crippen LogP) is 4.42. The maximum atomic E-state index is 14.2. The second-order valence-corrected chi connectivity index (χ2v) is 14.0. The first kappa shape index (κ1) is 32.1. The van der Waals surface area contributed by atoms with Gasteiger partial charge in [-0.25, -0.2) is 4.79 Å². The maximum absolute atomic E-state index is 14.2. The molecule has 10 nitrogen and oxygen atoms in total. The largest absolute Gasteiger partial charge is 0.444 e. The molecule has 1 spiro atoms. The SMILES string of the molecule is CC(=O)N1Cc2ccccc2C2(CCN(C(=O)C(Cc3c[nH]c4ccccc34)NC(=O)C(C)(C)NC(=O)OC(C)(C)C)CC2)C1. The second-order valence-electron chi connectivity index (χ2n) is 14.0. The van der Waals surface area contributed by atoms with Gasteiger partial charge in [0.25, 0.3) is 0 Å². The van der Waals surface area contributed by atoms with Crippen molar-refractivity contribution in [2.75, 3.05) is 19.6 Å². The minimum absolute atomic E-state index is 0.0477. The van der Waals surface area contributed by atoms with Crippen LogP contribution in [0.25, 0.3) is 10.9 Å². The number of alkyl carbamates (subject to hydrolysis) is 1. The van der Waals surface area contributed by atoms with Crippen LogP contribution in [0.5, 0.6) is 0 Å². The van der Waals surface area contributed by atoms with Crippen molar-refractivity contribution in [1.29, 1.82) is 0 Å². The van der Waals surface area contributed by atoms with Gasteiger partial charge >= 0.3 is 6.09 Å². The van der Waals surface area contributed by atoms with Gasteiger partial charge in [-0.05, 0) is 70.2 Å². The minimum Gasteiger partial charge on any atom is -0.444 e. The van der Waals surface area contributed by atoms with Crippen LogP contribution in [-0.4, -0.2) is 75.4 Å². The molecule has 2 aliphatic rings. The highest BCUT2D eigenvalue weighted by Crippen LogP contribution is 2.42. The van der Waals surface area contributed by atoms with E-state index in [2.05, 4.69) is 27.8 Å². The number of benzene rings is 2. The van der Waals surface area contributed by atoms with E-state index in [0.29, 0.717) is 39.0 Å². The molecule has 0 aliphatic carbocycles. The van der Waals surface area contributed by atoms with Crippen molar-refractivity contribution in [3.63, 3.8) is 0 Å². The summed E-state index contributed by atoms with van der Waals surface area (Å²) in [5.41, 5.74) is 1.98. The number of piperidine rings is 1. The number of hydrogen-bond donors (Lipinski definition) is 3. The first-order valence-electron chi connectivity index (χ1n) is 15.7. The molecule has 1 unspecified atom stereocenters. The Kier molecular flexibility index (Phi) is 8.70. The number of carbonyl (C=O) groups excluding carboxylic acids is 4. The number of rotatable bonds is 6. The van der Waals surface area contributed by atoms with E-state index in [1.165, 1.54) is 5.56 Å².